The van der Waals surface area contributed by atoms with Crippen molar-refractivity contribution in [3.8, 4) is 0 Å². The monoisotopic (exact) mass is 337 g/mol. The van der Waals surface area contributed by atoms with Crippen LogP contribution in [-0.4, -0.2) is 16.6 Å². The Hall–Kier alpha value is -1.53. The summed E-state index contributed by atoms with van der Waals surface area (Å²) in [6, 6.07) is 9.26. The van der Waals surface area contributed by atoms with Crippen LogP contribution in [0.4, 0.5) is 11.4 Å². The van der Waals surface area contributed by atoms with E-state index in [2.05, 4.69) is 26.2 Å². The van der Waals surface area contributed by atoms with E-state index < -0.39 is 0 Å². The van der Waals surface area contributed by atoms with Crippen molar-refractivity contribution in [2.45, 2.75) is 4.90 Å². The number of rotatable bonds is 4. The Bertz CT molecular complexity index is 592. The zero-order chi connectivity index (χ0) is 13.7. The maximum Gasteiger partial charge on any atom is 0.234 e. The topological polar surface area (TPSA) is 68.0 Å². The Morgan fingerprint density at radius 2 is 2.26 bits per heavy atom. The number of nitrogens with zero attached hydrogens (tertiary/aromatic N) is 1. The minimum atomic E-state index is -0.0701. The highest BCUT2D eigenvalue weighted by Gasteiger charge is 2.06. The van der Waals surface area contributed by atoms with Gasteiger partial charge in [0.1, 0.15) is 0 Å². The molecule has 0 radical (unpaired) electrons. The van der Waals surface area contributed by atoms with Crippen LogP contribution in [0.5, 0.6) is 0 Å². The first kappa shape index (κ1) is 13.9. The second kappa shape index (κ2) is 6.58. The summed E-state index contributed by atoms with van der Waals surface area (Å²) in [6.07, 6.45) is 3.24. The van der Waals surface area contributed by atoms with E-state index >= 15 is 0 Å². The van der Waals surface area contributed by atoms with Crippen LogP contribution in [-0.2, 0) is 4.79 Å². The number of nitrogens with two attached hydrogens (primary N) is 1. The third kappa shape index (κ3) is 4.25. The minimum Gasteiger partial charge on any atom is -0.397 e. The number of pyridine rings is 1. The lowest BCUT2D eigenvalue weighted by molar-refractivity contribution is -0.113. The maximum absolute atomic E-state index is 11.8. The average molecular weight is 338 g/mol. The van der Waals surface area contributed by atoms with Crippen molar-refractivity contribution < 1.29 is 4.79 Å². The van der Waals surface area contributed by atoms with Gasteiger partial charge in [0.25, 0.3) is 0 Å². The molecule has 0 spiro atoms. The molecule has 3 N–H and O–H groups in total. The third-order valence-corrected chi connectivity index (χ3v) is 3.86. The number of carbonyl (C=O) groups is 1. The molecular weight excluding hydrogens is 326 g/mol. The van der Waals surface area contributed by atoms with Gasteiger partial charge in [0.15, 0.2) is 0 Å². The van der Waals surface area contributed by atoms with Gasteiger partial charge in [-0.05, 0) is 24.3 Å². The predicted octanol–water partition coefficient (Wildman–Crippen LogP) is 3.16. The van der Waals surface area contributed by atoms with E-state index in [0.29, 0.717) is 11.4 Å². The van der Waals surface area contributed by atoms with Gasteiger partial charge in [0.05, 0.1) is 17.6 Å². The fraction of sp³-hybridized carbons (Fsp3) is 0.0769. The number of nitrogen functional groups attached to an aromatic ring is 1. The van der Waals surface area contributed by atoms with Gasteiger partial charge in [-0.1, -0.05) is 22.0 Å². The zero-order valence-corrected chi connectivity index (χ0v) is 12.4. The van der Waals surface area contributed by atoms with Crippen LogP contribution in [0.15, 0.2) is 52.1 Å². The molecule has 0 aliphatic heterocycles. The fourth-order valence-corrected chi connectivity index (χ4v) is 2.57. The molecule has 0 bridgehead atoms. The number of aromatic nitrogens is 1. The first-order valence-electron chi connectivity index (χ1n) is 5.53. The van der Waals surface area contributed by atoms with Gasteiger partial charge in [-0.25, -0.2) is 0 Å². The number of anilines is 2. The van der Waals surface area contributed by atoms with Crippen molar-refractivity contribution in [1.82, 2.24) is 4.98 Å². The van der Waals surface area contributed by atoms with Crippen LogP contribution in [0.3, 0.4) is 0 Å². The van der Waals surface area contributed by atoms with Crippen molar-refractivity contribution in [2.75, 3.05) is 16.8 Å². The summed E-state index contributed by atoms with van der Waals surface area (Å²) < 4.78 is 0.927. The summed E-state index contributed by atoms with van der Waals surface area (Å²) in [4.78, 5) is 16.6. The second-order valence-corrected chi connectivity index (χ2v) is 5.69. The van der Waals surface area contributed by atoms with E-state index in [1.165, 1.54) is 11.8 Å². The van der Waals surface area contributed by atoms with E-state index in [0.717, 1.165) is 15.1 Å². The first-order chi connectivity index (χ1) is 9.15. The Kier molecular flexibility index (Phi) is 4.81. The highest BCUT2D eigenvalue weighted by Crippen LogP contribution is 2.23. The Labute approximate surface area is 123 Å². The van der Waals surface area contributed by atoms with Crippen LogP contribution >= 0.6 is 27.7 Å². The quantitative estimate of drug-likeness (QED) is 0.841. The lowest BCUT2D eigenvalue weighted by Gasteiger charge is -2.06. The molecule has 19 heavy (non-hydrogen) atoms. The number of hydrogen-bond acceptors (Lipinski definition) is 4. The highest BCUT2D eigenvalue weighted by molar-refractivity contribution is 9.10. The van der Waals surface area contributed by atoms with E-state index in [-0.39, 0.29) is 5.91 Å². The molecule has 1 aromatic heterocycles. The van der Waals surface area contributed by atoms with E-state index in [9.17, 15) is 4.79 Å². The van der Waals surface area contributed by atoms with Gasteiger partial charge in [-0.2, -0.15) is 0 Å². The number of hydrogen-bond donors (Lipinski definition) is 2. The number of amides is 1. The number of halogens is 1. The number of benzene rings is 1. The van der Waals surface area contributed by atoms with E-state index in [1.807, 2.05) is 24.3 Å². The maximum atomic E-state index is 11.8. The summed E-state index contributed by atoms with van der Waals surface area (Å²) >= 11 is 4.75. The summed E-state index contributed by atoms with van der Waals surface area (Å²) in [5.41, 5.74) is 7.11. The number of carbonyl (C=O) groups excluding carboxylic acids is 1. The molecule has 1 amide bonds. The minimum absolute atomic E-state index is 0.0701. The van der Waals surface area contributed by atoms with Crippen molar-refractivity contribution in [2.24, 2.45) is 0 Å². The Morgan fingerprint density at radius 1 is 1.42 bits per heavy atom. The van der Waals surface area contributed by atoms with Crippen LogP contribution in [0.1, 0.15) is 0 Å². The second-order valence-electron chi connectivity index (χ2n) is 3.76. The van der Waals surface area contributed by atoms with E-state index in [1.54, 1.807) is 18.5 Å². The molecule has 1 aromatic carbocycles. The summed E-state index contributed by atoms with van der Waals surface area (Å²) in [7, 11) is 0. The molecule has 0 fully saturated rings. The Balaban J connectivity index is 1.90. The van der Waals surface area contributed by atoms with Gasteiger partial charge in [0, 0.05) is 21.3 Å². The smallest absolute Gasteiger partial charge is 0.234 e. The standard InChI is InChI=1S/C13H12BrN3OS/c14-9-2-1-3-10(6-9)17-13(18)8-19-12-4-5-16-7-11(12)15/h1-7H,8,15H2,(H,17,18). The predicted molar refractivity (Wildman–Crippen MR) is 82.1 cm³/mol. The van der Waals surface area contributed by atoms with Crippen molar-refractivity contribution >= 4 is 45.0 Å². The SMILES string of the molecule is Nc1cnccc1SCC(=O)Nc1cccc(Br)c1. The summed E-state index contributed by atoms with van der Waals surface area (Å²) in [5.74, 6) is 0.236. The molecule has 0 saturated heterocycles. The largest absolute Gasteiger partial charge is 0.397 e. The van der Waals surface area contributed by atoms with Crippen LogP contribution < -0.4 is 11.1 Å². The van der Waals surface area contributed by atoms with Gasteiger partial charge < -0.3 is 11.1 Å². The molecule has 2 aromatic rings. The van der Waals surface area contributed by atoms with Gasteiger partial charge in [-0.3, -0.25) is 9.78 Å². The molecule has 2 rings (SSSR count). The Morgan fingerprint density at radius 3 is 3.00 bits per heavy atom. The first-order valence-corrected chi connectivity index (χ1v) is 7.31. The molecule has 0 aliphatic rings. The molecule has 0 atom stereocenters. The lowest BCUT2D eigenvalue weighted by Crippen LogP contribution is -2.14. The fourth-order valence-electron chi connectivity index (χ4n) is 1.43. The molecule has 4 nitrogen and oxygen atoms in total. The lowest BCUT2D eigenvalue weighted by atomic mass is 10.3. The summed E-state index contributed by atoms with van der Waals surface area (Å²) in [6.45, 7) is 0. The van der Waals surface area contributed by atoms with Crippen molar-refractivity contribution in [3.05, 3.63) is 47.2 Å². The molecule has 98 valence electrons. The summed E-state index contributed by atoms with van der Waals surface area (Å²) in [5, 5.41) is 2.83. The van der Waals surface area contributed by atoms with Crippen LogP contribution in [0.25, 0.3) is 0 Å². The highest BCUT2D eigenvalue weighted by atomic mass is 79.9. The molecule has 1 heterocycles. The average Bonchev–Trinajstić information content (AvgIpc) is 2.38. The molecule has 0 unspecified atom stereocenters. The molecular formula is C13H12BrN3OS. The van der Waals surface area contributed by atoms with Crippen molar-refractivity contribution in [3.63, 3.8) is 0 Å². The van der Waals surface area contributed by atoms with Crippen molar-refractivity contribution in [1.29, 1.82) is 0 Å². The number of thioether (sulfide) groups is 1. The van der Waals surface area contributed by atoms with Crippen LogP contribution in [0.2, 0.25) is 0 Å². The normalized spacial score (nSPS) is 10.2. The van der Waals surface area contributed by atoms with Gasteiger partial charge in [0.2, 0.25) is 5.91 Å². The van der Waals surface area contributed by atoms with Gasteiger partial charge in [-0.15, -0.1) is 11.8 Å². The number of nitrogens with one attached hydrogen (secondary N) is 1. The van der Waals surface area contributed by atoms with E-state index in [4.69, 9.17) is 5.73 Å². The molecule has 6 heteroatoms. The van der Waals surface area contributed by atoms with Crippen LogP contribution in [0, 0.1) is 0 Å². The molecule has 0 aliphatic carbocycles. The molecule has 0 saturated carbocycles. The van der Waals surface area contributed by atoms with Gasteiger partial charge >= 0.3 is 0 Å². The zero-order valence-electron chi connectivity index (χ0n) is 9.97. The third-order valence-electron chi connectivity index (χ3n) is 2.28.